The number of rotatable bonds is 6. The highest BCUT2D eigenvalue weighted by Crippen LogP contribution is 2.41. The highest BCUT2D eigenvalue weighted by molar-refractivity contribution is 5.78. The number of carbonyl (C=O) groups excluding carboxylic acids is 1. The average molecular weight is 391 g/mol. The smallest absolute Gasteiger partial charge is 0.223 e. The van der Waals surface area contributed by atoms with Crippen LogP contribution in [0.5, 0.6) is 11.5 Å². The van der Waals surface area contributed by atoms with Crippen LogP contribution in [0.25, 0.3) is 0 Å². The van der Waals surface area contributed by atoms with Crippen LogP contribution < -0.4 is 9.47 Å². The quantitative estimate of drug-likeness (QED) is 0.625. The number of carbonyl (C=O) groups is 1. The summed E-state index contributed by atoms with van der Waals surface area (Å²) in [5.74, 6) is 2.35. The van der Waals surface area contributed by atoms with Crippen LogP contribution in [0.2, 0.25) is 0 Å². The van der Waals surface area contributed by atoms with Gasteiger partial charge in [-0.05, 0) is 47.4 Å². The van der Waals surface area contributed by atoms with Crippen molar-refractivity contribution in [3.05, 3.63) is 83.3 Å². The molecule has 150 valence electrons. The zero-order valence-corrected chi connectivity index (χ0v) is 16.8. The number of benzene rings is 2. The minimum absolute atomic E-state index is 0.121. The van der Waals surface area contributed by atoms with E-state index >= 15 is 0 Å². The first-order valence-corrected chi connectivity index (χ1v) is 9.83. The van der Waals surface area contributed by atoms with Crippen LogP contribution >= 0.6 is 0 Å². The largest absolute Gasteiger partial charge is 0.493 e. The molecule has 0 saturated heterocycles. The monoisotopic (exact) mass is 391 g/mol. The van der Waals surface area contributed by atoms with E-state index in [1.165, 1.54) is 5.56 Å². The zero-order valence-electron chi connectivity index (χ0n) is 16.8. The van der Waals surface area contributed by atoms with Gasteiger partial charge in [0.1, 0.15) is 5.76 Å². The van der Waals surface area contributed by atoms with Crippen LogP contribution in [0.15, 0.2) is 65.3 Å². The summed E-state index contributed by atoms with van der Waals surface area (Å²) in [6.45, 7) is 0.666. The van der Waals surface area contributed by atoms with Crippen molar-refractivity contribution in [2.24, 2.45) is 0 Å². The third kappa shape index (κ3) is 3.86. The van der Waals surface area contributed by atoms with Crippen molar-refractivity contribution in [2.45, 2.75) is 25.3 Å². The third-order valence-electron chi connectivity index (χ3n) is 5.47. The number of amides is 1. The Kier molecular flexibility index (Phi) is 5.56. The zero-order chi connectivity index (χ0) is 20.2. The van der Waals surface area contributed by atoms with Crippen LogP contribution in [0.1, 0.15) is 34.9 Å². The van der Waals surface area contributed by atoms with Gasteiger partial charge >= 0.3 is 0 Å². The van der Waals surface area contributed by atoms with Crippen LogP contribution in [0.3, 0.4) is 0 Å². The molecule has 2 heterocycles. The van der Waals surface area contributed by atoms with Crippen LogP contribution in [-0.4, -0.2) is 31.6 Å². The van der Waals surface area contributed by atoms with Gasteiger partial charge in [-0.1, -0.05) is 30.3 Å². The number of aryl methyl sites for hydroxylation is 1. The van der Waals surface area contributed by atoms with E-state index in [-0.39, 0.29) is 11.9 Å². The first-order valence-electron chi connectivity index (χ1n) is 9.83. The van der Waals surface area contributed by atoms with Gasteiger partial charge in [0.15, 0.2) is 11.5 Å². The summed E-state index contributed by atoms with van der Waals surface area (Å²) >= 11 is 0. The predicted octanol–water partition coefficient (Wildman–Crippen LogP) is 4.40. The minimum Gasteiger partial charge on any atom is -0.493 e. The van der Waals surface area contributed by atoms with Crippen molar-refractivity contribution >= 4 is 5.91 Å². The Hall–Kier alpha value is -3.21. The van der Waals surface area contributed by atoms with Gasteiger partial charge in [0, 0.05) is 19.4 Å². The normalized spacial score (nSPS) is 15.7. The third-order valence-corrected chi connectivity index (χ3v) is 5.47. The van der Waals surface area contributed by atoms with E-state index < -0.39 is 0 Å². The number of furan rings is 1. The van der Waals surface area contributed by atoms with Gasteiger partial charge in [-0.25, -0.2) is 0 Å². The molecule has 0 N–H and O–H groups in total. The van der Waals surface area contributed by atoms with E-state index in [0.717, 1.165) is 29.1 Å². The van der Waals surface area contributed by atoms with Crippen molar-refractivity contribution in [3.63, 3.8) is 0 Å². The van der Waals surface area contributed by atoms with Crippen LogP contribution in [0, 0.1) is 0 Å². The molecular formula is C24H25NO4. The molecule has 0 spiro atoms. The van der Waals surface area contributed by atoms with Crippen molar-refractivity contribution < 1.29 is 18.7 Å². The second-order valence-electron chi connectivity index (χ2n) is 7.14. The lowest BCUT2D eigenvalue weighted by Crippen LogP contribution is -2.40. The summed E-state index contributed by atoms with van der Waals surface area (Å²) in [5.41, 5.74) is 3.37. The fourth-order valence-corrected chi connectivity index (χ4v) is 4.04. The Bertz CT molecular complexity index is 966. The second kappa shape index (κ2) is 8.43. The number of hydrogen-bond donors (Lipinski definition) is 0. The van der Waals surface area contributed by atoms with Crippen LogP contribution in [0.4, 0.5) is 0 Å². The number of methoxy groups -OCH3 is 2. The maximum absolute atomic E-state index is 13.2. The molecule has 1 aliphatic rings. The summed E-state index contributed by atoms with van der Waals surface area (Å²) in [6.07, 6.45) is 3.44. The average Bonchev–Trinajstić information content (AvgIpc) is 3.30. The highest BCUT2D eigenvalue weighted by Gasteiger charge is 2.33. The molecule has 5 nitrogen and oxygen atoms in total. The van der Waals surface area contributed by atoms with E-state index in [4.69, 9.17) is 13.9 Å². The fraction of sp³-hybridized carbons (Fsp3) is 0.292. The van der Waals surface area contributed by atoms with Crippen LogP contribution in [-0.2, 0) is 17.6 Å². The Labute approximate surface area is 170 Å². The lowest BCUT2D eigenvalue weighted by atomic mass is 9.87. The second-order valence-corrected chi connectivity index (χ2v) is 7.14. The number of hydrogen-bond acceptors (Lipinski definition) is 4. The molecule has 5 heteroatoms. The number of nitrogens with zero attached hydrogens (tertiary/aromatic N) is 1. The fourth-order valence-electron chi connectivity index (χ4n) is 4.04. The SMILES string of the molecule is COc1cc2c(cc1OC)C(c1ccccc1)N(C(=O)CCc1ccco1)CC2. The topological polar surface area (TPSA) is 51.9 Å². The molecule has 3 aromatic rings. The minimum atomic E-state index is -0.149. The van der Waals surface area contributed by atoms with Gasteiger partial charge in [0.2, 0.25) is 5.91 Å². The van der Waals surface area contributed by atoms with E-state index in [1.807, 2.05) is 47.4 Å². The van der Waals surface area contributed by atoms with Crippen molar-refractivity contribution in [3.8, 4) is 11.5 Å². The van der Waals surface area contributed by atoms with E-state index in [2.05, 4.69) is 12.1 Å². The van der Waals surface area contributed by atoms with Crippen molar-refractivity contribution in [1.82, 2.24) is 4.90 Å². The Morgan fingerprint density at radius 1 is 1.07 bits per heavy atom. The lowest BCUT2D eigenvalue weighted by Gasteiger charge is -2.38. The molecule has 1 unspecified atom stereocenters. The summed E-state index contributed by atoms with van der Waals surface area (Å²) in [6, 6.07) is 17.8. The van der Waals surface area contributed by atoms with Gasteiger partial charge in [-0.2, -0.15) is 0 Å². The molecular weight excluding hydrogens is 366 g/mol. The first-order chi connectivity index (χ1) is 14.2. The van der Waals surface area contributed by atoms with Crippen molar-refractivity contribution in [1.29, 1.82) is 0 Å². The molecule has 29 heavy (non-hydrogen) atoms. The predicted molar refractivity (Wildman–Crippen MR) is 110 cm³/mol. The van der Waals surface area contributed by atoms with Gasteiger partial charge in [0.05, 0.1) is 26.5 Å². The molecule has 4 rings (SSSR count). The first kappa shape index (κ1) is 19.1. The molecule has 0 fully saturated rings. The molecule has 2 aromatic carbocycles. The van der Waals surface area contributed by atoms with Gasteiger partial charge in [-0.3, -0.25) is 4.79 Å². The summed E-state index contributed by atoms with van der Waals surface area (Å²) in [5, 5.41) is 0. The van der Waals surface area contributed by atoms with E-state index in [9.17, 15) is 4.79 Å². The molecule has 0 radical (unpaired) electrons. The number of fused-ring (bicyclic) bond motifs is 1. The Balaban J connectivity index is 1.70. The molecule has 1 aliphatic heterocycles. The molecule has 1 amide bonds. The lowest BCUT2D eigenvalue weighted by molar-refractivity contribution is -0.133. The Morgan fingerprint density at radius 3 is 2.52 bits per heavy atom. The maximum atomic E-state index is 13.2. The molecule has 1 aromatic heterocycles. The standard InChI is InChI=1S/C24H25NO4/c1-27-21-15-18-12-13-25(23(26)11-10-19-9-6-14-29-19)24(17-7-4-3-5-8-17)20(18)16-22(21)28-2/h3-9,14-16,24H,10-13H2,1-2H3. The van der Waals surface area contributed by atoms with Crippen molar-refractivity contribution in [2.75, 3.05) is 20.8 Å². The maximum Gasteiger partial charge on any atom is 0.223 e. The van der Waals surface area contributed by atoms with E-state index in [1.54, 1.807) is 20.5 Å². The number of ether oxygens (including phenoxy) is 2. The molecule has 0 aliphatic carbocycles. The Morgan fingerprint density at radius 2 is 1.83 bits per heavy atom. The van der Waals surface area contributed by atoms with E-state index in [0.29, 0.717) is 25.1 Å². The molecule has 0 bridgehead atoms. The highest BCUT2D eigenvalue weighted by atomic mass is 16.5. The summed E-state index contributed by atoms with van der Waals surface area (Å²) in [7, 11) is 3.28. The van der Waals surface area contributed by atoms with Gasteiger partial charge < -0.3 is 18.8 Å². The van der Waals surface area contributed by atoms with Gasteiger partial charge in [0.25, 0.3) is 0 Å². The summed E-state index contributed by atoms with van der Waals surface area (Å²) in [4.78, 5) is 15.2. The molecule has 0 saturated carbocycles. The van der Waals surface area contributed by atoms with Gasteiger partial charge in [-0.15, -0.1) is 0 Å². The summed E-state index contributed by atoms with van der Waals surface area (Å²) < 4.78 is 16.4. The molecule has 1 atom stereocenters.